The standard InChI is InChI=1S/C22H24BF3N4O3/c1-20(2)21(3,4)33-23(32-20)15-8-9-30-17(12-27-18(30)11-15)14-6-5-7-16(10-14)29-19(31)28-13-22(24,25)26/h5-12H,13H2,1-4H3,(H2,28,29,31). The Labute approximate surface area is 189 Å². The largest absolute Gasteiger partial charge is 0.495 e. The zero-order valence-electron chi connectivity index (χ0n) is 18.7. The van der Waals surface area contributed by atoms with Crippen LogP contribution >= 0.6 is 0 Å². The van der Waals surface area contributed by atoms with Crippen LogP contribution in [0.1, 0.15) is 27.7 Å². The second kappa shape index (κ2) is 8.07. The minimum absolute atomic E-state index is 0.357. The molecule has 174 valence electrons. The van der Waals surface area contributed by atoms with Crippen molar-refractivity contribution in [2.75, 3.05) is 11.9 Å². The molecule has 0 saturated carbocycles. The highest BCUT2D eigenvalue weighted by Gasteiger charge is 2.51. The van der Waals surface area contributed by atoms with E-state index in [0.717, 1.165) is 16.7 Å². The average Bonchev–Trinajstić information content (AvgIpc) is 3.23. The number of halogens is 3. The van der Waals surface area contributed by atoms with E-state index < -0.39 is 37.1 Å². The van der Waals surface area contributed by atoms with Gasteiger partial charge in [0.1, 0.15) is 12.2 Å². The number of pyridine rings is 1. The molecule has 1 aliphatic heterocycles. The van der Waals surface area contributed by atoms with Crippen molar-refractivity contribution in [2.24, 2.45) is 0 Å². The van der Waals surface area contributed by atoms with Crippen molar-refractivity contribution in [3.05, 3.63) is 48.8 Å². The number of carbonyl (C=O) groups excluding carboxylic acids is 1. The second-order valence-electron chi connectivity index (χ2n) is 8.92. The molecule has 0 bridgehead atoms. The number of fused-ring (bicyclic) bond motifs is 1. The van der Waals surface area contributed by atoms with E-state index >= 15 is 0 Å². The number of aromatic nitrogens is 2. The van der Waals surface area contributed by atoms with Gasteiger partial charge in [0.05, 0.1) is 23.1 Å². The molecule has 4 rings (SSSR count). The average molecular weight is 460 g/mol. The minimum atomic E-state index is -4.48. The van der Waals surface area contributed by atoms with Crippen LogP contribution in [0.5, 0.6) is 0 Å². The molecule has 2 N–H and O–H groups in total. The topological polar surface area (TPSA) is 76.9 Å². The molecule has 33 heavy (non-hydrogen) atoms. The maximum Gasteiger partial charge on any atom is 0.495 e. The Morgan fingerprint density at radius 3 is 2.48 bits per heavy atom. The molecule has 7 nitrogen and oxygen atoms in total. The van der Waals surface area contributed by atoms with Crippen LogP contribution < -0.4 is 16.1 Å². The van der Waals surface area contributed by atoms with Crippen LogP contribution in [0.4, 0.5) is 23.7 Å². The molecule has 0 spiro atoms. The van der Waals surface area contributed by atoms with E-state index in [1.165, 1.54) is 0 Å². The number of benzene rings is 1. The van der Waals surface area contributed by atoms with Crippen LogP contribution in [0, 0.1) is 0 Å². The van der Waals surface area contributed by atoms with Gasteiger partial charge in [0.15, 0.2) is 0 Å². The normalized spacial score (nSPS) is 17.4. The lowest BCUT2D eigenvalue weighted by Gasteiger charge is -2.32. The molecule has 1 aromatic carbocycles. The van der Waals surface area contributed by atoms with Crippen LogP contribution in [0.25, 0.3) is 16.9 Å². The van der Waals surface area contributed by atoms with Gasteiger partial charge in [0.25, 0.3) is 0 Å². The van der Waals surface area contributed by atoms with Crippen molar-refractivity contribution in [2.45, 2.75) is 45.1 Å². The van der Waals surface area contributed by atoms with E-state index in [1.807, 2.05) is 56.5 Å². The molecule has 11 heteroatoms. The van der Waals surface area contributed by atoms with Gasteiger partial charge in [0, 0.05) is 17.4 Å². The van der Waals surface area contributed by atoms with Crippen molar-refractivity contribution in [1.29, 1.82) is 0 Å². The van der Waals surface area contributed by atoms with E-state index in [2.05, 4.69) is 10.3 Å². The smallest absolute Gasteiger partial charge is 0.399 e. The number of amides is 2. The van der Waals surface area contributed by atoms with Gasteiger partial charge in [-0.25, -0.2) is 9.78 Å². The molecule has 2 amide bonds. The Morgan fingerprint density at radius 1 is 1.12 bits per heavy atom. The Kier molecular flexibility index (Phi) is 5.65. The summed E-state index contributed by atoms with van der Waals surface area (Å²) in [6, 6.07) is 9.63. The van der Waals surface area contributed by atoms with Crippen LogP contribution in [0.15, 0.2) is 48.8 Å². The Morgan fingerprint density at radius 2 is 1.82 bits per heavy atom. The van der Waals surface area contributed by atoms with Crippen molar-refractivity contribution in [3.63, 3.8) is 0 Å². The number of urea groups is 1. The molecular weight excluding hydrogens is 436 g/mol. The number of nitrogens with zero attached hydrogens (tertiary/aromatic N) is 2. The number of imidazole rings is 1. The van der Waals surface area contributed by atoms with E-state index in [4.69, 9.17) is 9.31 Å². The van der Waals surface area contributed by atoms with Crippen LogP contribution in [0.2, 0.25) is 0 Å². The van der Waals surface area contributed by atoms with Gasteiger partial charge in [-0.3, -0.25) is 4.40 Å². The third-order valence-corrected chi connectivity index (χ3v) is 5.93. The lowest BCUT2D eigenvalue weighted by Crippen LogP contribution is -2.41. The summed E-state index contributed by atoms with van der Waals surface area (Å²) in [5.74, 6) is 0. The molecule has 0 unspecified atom stereocenters. The maximum atomic E-state index is 12.3. The molecule has 0 radical (unpaired) electrons. The summed E-state index contributed by atoms with van der Waals surface area (Å²) in [5, 5.41) is 4.20. The van der Waals surface area contributed by atoms with Crippen LogP contribution in [-0.2, 0) is 9.31 Å². The van der Waals surface area contributed by atoms with Gasteiger partial charge in [-0.1, -0.05) is 12.1 Å². The molecule has 1 aliphatic rings. The Bertz CT molecular complexity index is 1180. The highest BCUT2D eigenvalue weighted by molar-refractivity contribution is 6.62. The first-order chi connectivity index (χ1) is 15.3. The molecule has 0 atom stereocenters. The third-order valence-electron chi connectivity index (χ3n) is 5.93. The van der Waals surface area contributed by atoms with Gasteiger partial charge >= 0.3 is 19.3 Å². The van der Waals surface area contributed by atoms with E-state index in [0.29, 0.717) is 11.3 Å². The lowest BCUT2D eigenvalue weighted by atomic mass is 9.80. The van der Waals surface area contributed by atoms with Crippen LogP contribution in [0.3, 0.4) is 0 Å². The fourth-order valence-corrected chi connectivity index (χ4v) is 3.45. The number of hydrogen-bond donors (Lipinski definition) is 2. The molecule has 1 fully saturated rings. The predicted molar refractivity (Wildman–Crippen MR) is 119 cm³/mol. The first-order valence-electron chi connectivity index (χ1n) is 10.4. The summed E-state index contributed by atoms with van der Waals surface area (Å²) in [6.45, 7) is 6.55. The summed E-state index contributed by atoms with van der Waals surface area (Å²) in [4.78, 5) is 16.2. The van der Waals surface area contributed by atoms with Crippen molar-refractivity contribution in [3.8, 4) is 11.3 Å². The van der Waals surface area contributed by atoms with Crippen LogP contribution in [-0.4, -0.2) is 46.5 Å². The van der Waals surface area contributed by atoms with Gasteiger partial charge in [0.2, 0.25) is 0 Å². The number of carbonyl (C=O) groups is 1. The van der Waals surface area contributed by atoms with Crippen molar-refractivity contribution in [1.82, 2.24) is 14.7 Å². The number of rotatable bonds is 4. The SMILES string of the molecule is CC1(C)OB(c2ccn3c(-c4cccc(NC(=O)NCC(F)(F)F)c4)cnc3c2)OC1(C)C. The number of alkyl halides is 3. The Hall–Kier alpha value is -3.05. The summed E-state index contributed by atoms with van der Waals surface area (Å²) in [5.41, 5.74) is 2.46. The molecule has 3 aromatic rings. The molecule has 3 heterocycles. The lowest BCUT2D eigenvalue weighted by molar-refractivity contribution is -0.122. The zero-order valence-corrected chi connectivity index (χ0v) is 18.7. The van der Waals surface area contributed by atoms with Gasteiger partial charge in [-0.2, -0.15) is 13.2 Å². The molecular formula is C22H24BF3N4O3. The maximum absolute atomic E-state index is 12.3. The highest BCUT2D eigenvalue weighted by atomic mass is 19.4. The van der Waals surface area contributed by atoms with Gasteiger partial charge in [-0.15, -0.1) is 0 Å². The third kappa shape index (κ3) is 4.84. The molecule has 1 saturated heterocycles. The quantitative estimate of drug-likeness (QED) is 0.578. The first-order valence-corrected chi connectivity index (χ1v) is 10.4. The predicted octanol–water partition coefficient (Wildman–Crippen LogP) is 3.98. The number of nitrogens with one attached hydrogen (secondary N) is 2. The summed E-state index contributed by atoms with van der Waals surface area (Å²) < 4.78 is 51.0. The summed E-state index contributed by atoms with van der Waals surface area (Å²) in [6.07, 6.45) is -0.936. The van der Waals surface area contributed by atoms with Crippen molar-refractivity contribution < 1.29 is 27.3 Å². The number of anilines is 1. The minimum Gasteiger partial charge on any atom is -0.399 e. The Balaban J connectivity index is 1.54. The van der Waals surface area contributed by atoms with Gasteiger partial charge < -0.3 is 19.9 Å². The monoisotopic (exact) mass is 460 g/mol. The van der Waals surface area contributed by atoms with Gasteiger partial charge in [-0.05, 0) is 57.4 Å². The highest BCUT2D eigenvalue weighted by Crippen LogP contribution is 2.36. The second-order valence-corrected chi connectivity index (χ2v) is 8.92. The first kappa shape index (κ1) is 23.1. The molecule has 0 aliphatic carbocycles. The van der Waals surface area contributed by atoms with E-state index in [9.17, 15) is 18.0 Å². The van der Waals surface area contributed by atoms with E-state index in [1.54, 1.807) is 29.7 Å². The number of hydrogen-bond acceptors (Lipinski definition) is 4. The fraction of sp³-hybridized carbons (Fsp3) is 0.364. The van der Waals surface area contributed by atoms with E-state index in [-0.39, 0.29) is 0 Å². The summed E-state index contributed by atoms with van der Waals surface area (Å²) >= 11 is 0. The molecule has 2 aromatic heterocycles. The van der Waals surface area contributed by atoms with Crippen molar-refractivity contribution >= 4 is 29.9 Å². The zero-order chi connectivity index (χ0) is 24.0. The summed E-state index contributed by atoms with van der Waals surface area (Å²) in [7, 11) is -0.511. The fourth-order valence-electron chi connectivity index (χ4n) is 3.45.